The summed E-state index contributed by atoms with van der Waals surface area (Å²) in [6.45, 7) is 0. The zero-order valence-corrected chi connectivity index (χ0v) is 12.6. The van der Waals surface area contributed by atoms with Crippen LogP contribution in [0.15, 0.2) is 60.7 Å². The maximum absolute atomic E-state index is 12.6. The lowest BCUT2D eigenvalue weighted by Gasteiger charge is -2.25. The number of benzene rings is 2. The lowest BCUT2D eigenvalue weighted by atomic mass is 9.97. The maximum atomic E-state index is 12.6. The topological polar surface area (TPSA) is 66.4 Å². The summed E-state index contributed by atoms with van der Waals surface area (Å²) in [5.74, 6) is 0. The molecule has 0 aliphatic carbocycles. The van der Waals surface area contributed by atoms with Crippen LogP contribution in [0.5, 0.6) is 0 Å². The Morgan fingerprint density at radius 2 is 1.30 bits per heavy atom. The number of aliphatic hydroxyl groups excluding tert-OH is 1. The number of hydrogen-bond acceptors (Lipinski definition) is 3. The van der Waals surface area contributed by atoms with Crippen molar-refractivity contribution in [2.24, 2.45) is 0 Å². The molecule has 0 aliphatic heterocycles. The predicted molar refractivity (Wildman–Crippen MR) is 78.7 cm³/mol. The molecule has 0 aromatic heterocycles. The Hall–Kier alpha value is -1.90. The fraction of sp³-hybridized carbons (Fsp3) is 0.200. The quantitative estimate of drug-likeness (QED) is 0.876. The fourth-order valence-corrected chi connectivity index (χ4v) is 2.78. The second-order valence-corrected chi connectivity index (χ2v) is 6.52. The Kier molecular flexibility index (Phi) is 5.08. The summed E-state index contributed by atoms with van der Waals surface area (Å²) in [5.41, 5.74) is -4.95. The van der Waals surface area contributed by atoms with Gasteiger partial charge < -0.3 is 5.11 Å². The molecule has 8 heteroatoms. The van der Waals surface area contributed by atoms with Gasteiger partial charge in [-0.25, -0.2) is 8.42 Å². The summed E-state index contributed by atoms with van der Waals surface area (Å²) in [6, 6.07) is 14.0. The first kappa shape index (κ1) is 17.5. The minimum atomic E-state index is -5.61. The van der Waals surface area contributed by atoms with Gasteiger partial charge in [0, 0.05) is 0 Å². The van der Waals surface area contributed by atoms with Crippen molar-refractivity contribution in [3.05, 3.63) is 71.8 Å². The second kappa shape index (κ2) is 6.69. The molecule has 2 aromatic carbocycles. The molecule has 4 nitrogen and oxygen atoms in total. The third-order valence-corrected chi connectivity index (χ3v) is 4.38. The molecule has 0 spiro atoms. The van der Waals surface area contributed by atoms with Crippen LogP contribution >= 0.6 is 0 Å². The average Bonchev–Trinajstić information content (AvgIpc) is 2.52. The molecule has 2 aromatic rings. The molecule has 0 fully saturated rings. The van der Waals surface area contributed by atoms with Crippen LogP contribution in [0.2, 0.25) is 0 Å². The van der Waals surface area contributed by atoms with Gasteiger partial charge in [0.25, 0.3) is 0 Å². The smallest absolute Gasteiger partial charge is 0.386 e. The van der Waals surface area contributed by atoms with E-state index in [9.17, 15) is 26.7 Å². The van der Waals surface area contributed by atoms with E-state index in [2.05, 4.69) is 0 Å². The highest BCUT2D eigenvalue weighted by Gasteiger charge is 2.47. The van der Waals surface area contributed by atoms with Crippen molar-refractivity contribution in [1.82, 2.24) is 4.72 Å². The van der Waals surface area contributed by atoms with Crippen molar-refractivity contribution in [3.8, 4) is 0 Å². The lowest BCUT2D eigenvalue weighted by molar-refractivity contribution is -0.0456. The van der Waals surface area contributed by atoms with Gasteiger partial charge in [-0.15, -0.1) is 0 Å². The molecule has 0 saturated heterocycles. The van der Waals surface area contributed by atoms with Gasteiger partial charge in [-0.05, 0) is 11.1 Å². The Bertz CT molecular complexity index is 734. The number of rotatable bonds is 5. The number of sulfonamides is 1. The molecule has 0 amide bonds. The second-order valence-electron chi connectivity index (χ2n) is 4.81. The first-order chi connectivity index (χ1) is 10.7. The maximum Gasteiger partial charge on any atom is 0.511 e. The largest absolute Gasteiger partial charge is 0.511 e. The Morgan fingerprint density at radius 1 is 0.870 bits per heavy atom. The summed E-state index contributed by atoms with van der Waals surface area (Å²) >= 11 is 0. The van der Waals surface area contributed by atoms with E-state index in [-0.39, 0.29) is 5.56 Å². The van der Waals surface area contributed by atoms with Gasteiger partial charge in [0.15, 0.2) is 0 Å². The van der Waals surface area contributed by atoms with E-state index < -0.39 is 27.7 Å². The van der Waals surface area contributed by atoms with Gasteiger partial charge in [0.05, 0.1) is 12.1 Å². The molecule has 2 atom stereocenters. The Morgan fingerprint density at radius 3 is 1.74 bits per heavy atom. The van der Waals surface area contributed by atoms with Crippen LogP contribution in [0, 0.1) is 0 Å². The SMILES string of the molecule is O=S(=O)(N[C@@H](c1ccccc1)[C@H](O)c1ccccc1)C(F)(F)F. The van der Waals surface area contributed by atoms with Crippen LogP contribution in [-0.4, -0.2) is 19.0 Å². The molecule has 0 saturated carbocycles. The molecule has 0 bridgehead atoms. The van der Waals surface area contributed by atoms with Gasteiger partial charge in [-0.2, -0.15) is 17.9 Å². The van der Waals surface area contributed by atoms with E-state index in [1.165, 1.54) is 24.3 Å². The molecule has 23 heavy (non-hydrogen) atoms. The highest BCUT2D eigenvalue weighted by molar-refractivity contribution is 7.90. The molecule has 124 valence electrons. The molecule has 0 radical (unpaired) electrons. The average molecular weight is 345 g/mol. The number of halogens is 3. The van der Waals surface area contributed by atoms with E-state index in [1.54, 1.807) is 41.1 Å². The predicted octanol–water partition coefficient (Wildman–Crippen LogP) is 2.90. The van der Waals surface area contributed by atoms with Gasteiger partial charge in [0.2, 0.25) is 0 Å². The van der Waals surface area contributed by atoms with Gasteiger partial charge >= 0.3 is 15.5 Å². The van der Waals surface area contributed by atoms with E-state index in [0.29, 0.717) is 5.56 Å². The standard InChI is InChI=1S/C15H14F3NO3S/c16-15(17,18)23(21,22)19-13(11-7-3-1-4-8-11)14(20)12-9-5-2-6-10-12/h1-10,13-14,19-20H/t13-,14+/m0/s1. The van der Waals surface area contributed by atoms with Gasteiger partial charge in [-0.3, -0.25) is 0 Å². The van der Waals surface area contributed by atoms with E-state index >= 15 is 0 Å². The van der Waals surface area contributed by atoms with E-state index in [1.807, 2.05) is 0 Å². The van der Waals surface area contributed by atoms with Crippen molar-refractivity contribution in [1.29, 1.82) is 0 Å². The van der Waals surface area contributed by atoms with Crippen molar-refractivity contribution in [2.75, 3.05) is 0 Å². The molecular weight excluding hydrogens is 331 g/mol. The first-order valence-electron chi connectivity index (χ1n) is 6.59. The molecule has 0 heterocycles. The molecule has 0 aliphatic rings. The van der Waals surface area contributed by atoms with Crippen molar-refractivity contribution < 1.29 is 26.7 Å². The Balaban J connectivity index is 2.42. The van der Waals surface area contributed by atoms with Crippen LogP contribution in [0.1, 0.15) is 23.3 Å². The van der Waals surface area contributed by atoms with Gasteiger partial charge in [0.1, 0.15) is 0 Å². The van der Waals surface area contributed by atoms with Crippen molar-refractivity contribution in [2.45, 2.75) is 17.7 Å². The van der Waals surface area contributed by atoms with E-state index in [4.69, 9.17) is 0 Å². The summed E-state index contributed by atoms with van der Waals surface area (Å²) in [6.07, 6.45) is -1.48. The zero-order valence-electron chi connectivity index (χ0n) is 11.7. The molecule has 2 N–H and O–H groups in total. The zero-order chi connectivity index (χ0) is 17.1. The third kappa shape index (κ3) is 4.10. The van der Waals surface area contributed by atoms with Crippen LogP contribution in [0.25, 0.3) is 0 Å². The normalized spacial score (nSPS) is 15.1. The van der Waals surface area contributed by atoms with Crippen LogP contribution in [-0.2, 0) is 10.0 Å². The molecule has 0 unspecified atom stereocenters. The lowest BCUT2D eigenvalue weighted by Crippen LogP contribution is -2.40. The number of nitrogens with one attached hydrogen (secondary N) is 1. The number of aliphatic hydroxyl groups is 1. The van der Waals surface area contributed by atoms with E-state index in [0.717, 1.165) is 0 Å². The summed E-state index contributed by atoms with van der Waals surface area (Å²) in [5, 5.41) is 10.4. The van der Waals surface area contributed by atoms with Crippen molar-refractivity contribution >= 4 is 10.0 Å². The summed E-state index contributed by atoms with van der Waals surface area (Å²) in [4.78, 5) is 0. The van der Waals surface area contributed by atoms with Crippen molar-refractivity contribution in [3.63, 3.8) is 0 Å². The molecule has 2 rings (SSSR count). The van der Waals surface area contributed by atoms with Gasteiger partial charge in [-0.1, -0.05) is 60.7 Å². The summed E-state index contributed by atoms with van der Waals surface area (Å²) in [7, 11) is -5.61. The first-order valence-corrected chi connectivity index (χ1v) is 8.07. The van der Waals surface area contributed by atoms with Crippen LogP contribution in [0.4, 0.5) is 13.2 Å². The van der Waals surface area contributed by atoms with Crippen LogP contribution < -0.4 is 4.72 Å². The highest BCUT2D eigenvalue weighted by atomic mass is 32.2. The minimum Gasteiger partial charge on any atom is -0.386 e. The third-order valence-electron chi connectivity index (χ3n) is 3.20. The highest BCUT2D eigenvalue weighted by Crippen LogP contribution is 2.32. The number of alkyl halides is 3. The Labute approximate surface area is 131 Å². The monoisotopic (exact) mass is 345 g/mol. The molecular formula is C15H14F3NO3S. The van der Waals surface area contributed by atoms with Crippen LogP contribution in [0.3, 0.4) is 0 Å². The number of hydrogen-bond donors (Lipinski definition) is 2. The minimum absolute atomic E-state index is 0.219. The fourth-order valence-electron chi connectivity index (χ4n) is 2.05. The summed E-state index contributed by atoms with van der Waals surface area (Å²) < 4.78 is 62.3.